The molecule has 19 heavy (non-hydrogen) atoms. The van der Waals surface area contributed by atoms with Gasteiger partial charge in [-0.2, -0.15) is 0 Å². The lowest BCUT2D eigenvalue weighted by Crippen LogP contribution is -2.36. The van der Waals surface area contributed by atoms with Gasteiger partial charge in [0.1, 0.15) is 5.82 Å². The summed E-state index contributed by atoms with van der Waals surface area (Å²) in [7, 11) is 5.36. The van der Waals surface area contributed by atoms with E-state index in [-0.39, 0.29) is 19.1 Å². The molecule has 0 saturated heterocycles. The van der Waals surface area contributed by atoms with Gasteiger partial charge in [-0.05, 0) is 12.1 Å². The third kappa shape index (κ3) is 4.50. The number of aromatic nitrogens is 1. The Hall–Kier alpha value is -1.66. The van der Waals surface area contributed by atoms with Crippen LogP contribution in [-0.4, -0.2) is 68.4 Å². The largest absolute Gasteiger partial charge is 0.395 e. The number of hydrogen-bond donors (Lipinski definition) is 1. The second-order valence-electron chi connectivity index (χ2n) is 4.31. The van der Waals surface area contributed by atoms with Gasteiger partial charge in [-0.25, -0.2) is 4.98 Å². The van der Waals surface area contributed by atoms with Crippen LogP contribution in [-0.2, 0) is 4.74 Å². The van der Waals surface area contributed by atoms with Crippen molar-refractivity contribution in [2.45, 2.75) is 0 Å². The number of hydrogen-bond acceptors (Lipinski definition) is 5. The second-order valence-corrected chi connectivity index (χ2v) is 4.31. The maximum Gasteiger partial charge on any atom is 0.255 e. The standard InChI is InChI=1S/C13H21N3O3/c1-15(2)12-5-4-11(10-14-12)13(18)16(6-8-17)7-9-19-3/h4-5,10,17H,6-9H2,1-3H3. The van der Waals surface area contributed by atoms with E-state index >= 15 is 0 Å². The van der Waals surface area contributed by atoms with Crippen molar-refractivity contribution in [2.75, 3.05) is 52.4 Å². The number of nitrogens with zero attached hydrogens (tertiary/aromatic N) is 3. The molecule has 0 aliphatic carbocycles. The second kappa shape index (κ2) is 7.70. The molecule has 0 spiro atoms. The molecule has 0 aliphatic heterocycles. The first-order chi connectivity index (χ1) is 9.10. The monoisotopic (exact) mass is 267 g/mol. The summed E-state index contributed by atoms with van der Waals surface area (Å²) in [5.74, 6) is 0.644. The highest BCUT2D eigenvalue weighted by molar-refractivity contribution is 5.94. The Morgan fingerprint density at radius 2 is 2.11 bits per heavy atom. The molecule has 0 bridgehead atoms. The Bertz CT molecular complexity index is 393. The van der Waals surface area contributed by atoms with E-state index in [9.17, 15) is 4.79 Å². The van der Waals surface area contributed by atoms with E-state index in [2.05, 4.69) is 4.98 Å². The SMILES string of the molecule is COCCN(CCO)C(=O)c1ccc(N(C)C)nc1. The number of ether oxygens (including phenoxy) is 1. The number of pyridine rings is 1. The van der Waals surface area contributed by atoms with Crippen LogP contribution in [0, 0.1) is 0 Å². The van der Waals surface area contributed by atoms with E-state index in [0.29, 0.717) is 18.7 Å². The molecule has 106 valence electrons. The topological polar surface area (TPSA) is 65.9 Å². The highest BCUT2D eigenvalue weighted by Crippen LogP contribution is 2.10. The molecular formula is C13H21N3O3. The summed E-state index contributed by atoms with van der Waals surface area (Å²) in [5.41, 5.74) is 0.509. The third-order valence-electron chi connectivity index (χ3n) is 2.68. The van der Waals surface area contributed by atoms with Crippen molar-refractivity contribution >= 4 is 11.7 Å². The van der Waals surface area contributed by atoms with Gasteiger partial charge in [-0.3, -0.25) is 4.79 Å². The Kier molecular flexibility index (Phi) is 6.24. The van der Waals surface area contributed by atoms with Crippen LogP contribution in [0.2, 0.25) is 0 Å². The molecule has 1 rings (SSSR count). The summed E-state index contributed by atoms with van der Waals surface area (Å²) in [6.45, 7) is 1.11. The summed E-state index contributed by atoms with van der Waals surface area (Å²) in [5, 5.41) is 8.99. The van der Waals surface area contributed by atoms with Crippen LogP contribution in [0.4, 0.5) is 5.82 Å². The average Bonchev–Trinajstić information content (AvgIpc) is 2.42. The van der Waals surface area contributed by atoms with Crippen LogP contribution < -0.4 is 4.90 Å². The van der Waals surface area contributed by atoms with Gasteiger partial charge in [0.2, 0.25) is 0 Å². The minimum absolute atomic E-state index is 0.0708. The van der Waals surface area contributed by atoms with Crippen molar-refractivity contribution in [3.8, 4) is 0 Å². The molecule has 0 saturated carbocycles. The predicted octanol–water partition coefficient (Wildman–Crippen LogP) is 0.229. The molecule has 0 unspecified atom stereocenters. The number of aliphatic hydroxyl groups excluding tert-OH is 1. The molecule has 1 aromatic heterocycles. The first-order valence-corrected chi connectivity index (χ1v) is 6.12. The van der Waals surface area contributed by atoms with Gasteiger partial charge >= 0.3 is 0 Å². The Morgan fingerprint density at radius 1 is 1.37 bits per heavy atom. The summed E-state index contributed by atoms with van der Waals surface area (Å²) in [6.07, 6.45) is 1.55. The van der Waals surface area contributed by atoms with E-state index in [1.54, 1.807) is 30.3 Å². The van der Waals surface area contributed by atoms with E-state index in [1.165, 1.54) is 0 Å². The normalized spacial score (nSPS) is 10.3. The lowest BCUT2D eigenvalue weighted by atomic mass is 10.2. The summed E-state index contributed by atoms with van der Waals surface area (Å²) in [6, 6.07) is 3.53. The first-order valence-electron chi connectivity index (χ1n) is 6.12. The fourth-order valence-corrected chi connectivity index (χ4v) is 1.60. The van der Waals surface area contributed by atoms with E-state index < -0.39 is 0 Å². The summed E-state index contributed by atoms with van der Waals surface area (Å²) in [4.78, 5) is 19.9. The van der Waals surface area contributed by atoms with Gasteiger partial charge < -0.3 is 19.6 Å². The van der Waals surface area contributed by atoms with Gasteiger partial charge in [0.15, 0.2) is 0 Å². The van der Waals surface area contributed by atoms with Gasteiger partial charge in [0, 0.05) is 40.5 Å². The molecule has 0 atom stereocenters. The number of anilines is 1. The van der Waals surface area contributed by atoms with E-state index in [4.69, 9.17) is 9.84 Å². The molecule has 1 aromatic rings. The minimum Gasteiger partial charge on any atom is -0.395 e. The number of carbonyl (C=O) groups excluding carboxylic acids is 1. The number of methoxy groups -OCH3 is 1. The molecule has 6 nitrogen and oxygen atoms in total. The van der Waals surface area contributed by atoms with Gasteiger partial charge in [0.05, 0.1) is 18.8 Å². The minimum atomic E-state index is -0.149. The average molecular weight is 267 g/mol. The summed E-state index contributed by atoms with van der Waals surface area (Å²) < 4.78 is 4.96. The zero-order chi connectivity index (χ0) is 14.3. The maximum absolute atomic E-state index is 12.2. The lowest BCUT2D eigenvalue weighted by molar-refractivity contribution is 0.0656. The Morgan fingerprint density at radius 3 is 2.58 bits per heavy atom. The molecule has 1 heterocycles. The highest BCUT2D eigenvalue weighted by Gasteiger charge is 2.15. The Labute approximate surface area is 113 Å². The quantitative estimate of drug-likeness (QED) is 0.766. The van der Waals surface area contributed by atoms with Gasteiger partial charge in [-0.1, -0.05) is 0 Å². The predicted molar refractivity (Wildman–Crippen MR) is 73.4 cm³/mol. The van der Waals surface area contributed by atoms with E-state index in [1.807, 2.05) is 19.0 Å². The first kappa shape index (κ1) is 15.4. The van der Waals surface area contributed by atoms with Crippen molar-refractivity contribution in [1.29, 1.82) is 0 Å². The van der Waals surface area contributed by atoms with Crippen LogP contribution in [0.3, 0.4) is 0 Å². The number of aliphatic hydroxyl groups is 1. The zero-order valence-corrected chi connectivity index (χ0v) is 11.7. The van der Waals surface area contributed by atoms with Crippen molar-refractivity contribution in [3.63, 3.8) is 0 Å². The van der Waals surface area contributed by atoms with Crippen molar-refractivity contribution in [2.24, 2.45) is 0 Å². The third-order valence-corrected chi connectivity index (χ3v) is 2.68. The maximum atomic E-state index is 12.2. The summed E-state index contributed by atoms with van der Waals surface area (Å²) >= 11 is 0. The number of rotatable bonds is 7. The van der Waals surface area contributed by atoms with Gasteiger partial charge in [-0.15, -0.1) is 0 Å². The van der Waals surface area contributed by atoms with Crippen molar-refractivity contribution in [3.05, 3.63) is 23.9 Å². The van der Waals surface area contributed by atoms with Crippen LogP contribution in [0.25, 0.3) is 0 Å². The van der Waals surface area contributed by atoms with E-state index in [0.717, 1.165) is 5.82 Å². The molecule has 0 fully saturated rings. The number of carbonyl (C=O) groups is 1. The van der Waals surface area contributed by atoms with Gasteiger partial charge in [0.25, 0.3) is 5.91 Å². The van der Waals surface area contributed by atoms with Crippen molar-refractivity contribution < 1.29 is 14.6 Å². The molecule has 0 aromatic carbocycles. The van der Waals surface area contributed by atoms with Crippen LogP contribution in [0.5, 0.6) is 0 Å². The molecule has 1 N–H and O–H groups in total. The molecule has 1 amide bonds. The fourth-order valence-electron chi connectivity index (χ4n) is 1.60. The molecular weight excluding hydrogens is 246 g/mol. The van der Waals surface area contributed by atoms with Crippen LogP contribution >= 0.6 is 0 Å². The smallest absolute Gasteiger partial charge is 0.255 e. The van der Waals surface area contributed by atoms with Crippen LogP contribution in [0.15, 0.2) is 18.3 Å². The van der Waals surface area contributed by atoms with Crippen LogP contribution in [0.1, 0.15) is 10.4 Å². The highest BCUT2D eigenvalue weighted by atomic mass is 16.5. The molecule has 6 heteroatoms. The van der Waals surface area contributed by atoms with Crippen molar-refractivity contribution in [1.82, 2.24) is 9.88 Å². The zero-order valence-electron chi connectivity index (χ0n) is 11.7. The Balaban J connectivity index is 2.77. The molecule has 0 aliphatic rings. The lowest BCUT2D eigenvalue weighted by Gasteiger charge is -2.21. The fraction of sp³-hybridized carbons (Fsp3) is 0.538. The molecule has 0 radical (unpaired) electrons. The number of amides is 1.